The second-order valence-corrected chi connectivity index (χ2v) is 9.29. The number of Topliss-reactive ketones (excluding diaryl/α,β-unsaturated/α-hetero) is 1. The number of ether oxygens (including phenoxy) is 2. The molecule has 2 N–H and O–H groups in total. The van der Waals surface area contributed by atoms with Gasteiger partial charge in [0.25, 0.3) is 0 Å². The quantitative estimate of drug-likeness (QED) is 0.415. The molecule has 7 nitrogen and oxygen atoms in total. The van der Waals surface area contributed by atoms with Gasteiger partial charge in [-0.25, -0.2) is 4.79 Å². The van der Waals surface area contributed by atoms with Crippen LogP contribution in [0.5, 0.6) is 17.2 Å². The Morgan fingerprint density at radius 3 is 2.24 bits per heavy atom. The van der Waals surface area contributed by atoms with Gasteiger partial charge in [0.05, 0.1) is 18.4 Å². The molecule has 3 aromatic rings. The van der Waals surface area contributed by atoms with E-state index in [1.165, 1.54) is 7.11 Å². The smallest absolute Gasteiger partial charge is 0.339 e. The van der Waals surface area contributed by atoms with Crippen molar-refractivity contribution in [2.45, 2.75) is 40.7 Å². The largest absolute Gasteiger partial charge is 0.507 e. The van der Waals surface area contributed by atoms with Crippen LogP contribution >= 0.6 is 0 Å². The summed E-state index contributed by atoms with van der Waals surface area (Å²) in [4.78, 5) is 28.4. The zero-order valence-corrected chi connectivity index (χ0v) is 20.0. The molecule has 0 aliphatic rings. The molecule has 7 heteroatoms. The van der Waals surface area contributed by atoms with Crippen molar-refractivity contribution in [3.05, 3.63) is 71.0 Å². The van der Waals surface area contributed by atoms with Crippen molar-refractivity contribution < 1.29 is 29.3 Å². The first-order valence-electron chi connectivity index (χ1n) is 10.9. The van der Waals surface area contributed by atoms with Crippen molar-refractivity contribution >= 4 is 11.8 Å². The van der Waals surface area contributed by atoms with E-state index in [1.807, 2.05) is 26.8 Å². The lowest BCUT2D eigenvalue weighted by atomic mass is 9.87. The van der Waals surface area contributed by atoms with Crippen molar-refractivity contribution in [3.63, 3.8) is 0 Å². The minimum Gasteiger partial charge on any atom is -0.507 e. The lowest BCUT2D eigenvalue weighted by Gasteiger charge is -2.18. The fourth-order valence-electron chi connectivity index (χ4n) is 3.53. The molecule has 0 saturated heterocycles. The minimum atomic E-state index is -1.07. The van der Waals surface area contributed by atoms with Gasteiger partial charge in [0.15, 0.2) is 5.78 Å². The Labute approximate surface area is 199 Å². The number of carboxylic acid groups (broad SMARTS) is 1. The van der Waals surface area contributed by atoms with E-state index in [9.17, 15) is 19.8 Å². The number of benzene rings is 2. The monoisotopic (exact) mass is 463 g/mol. The number of carbonyl (C=O) groups excluding carboxylic acids is 1. The summed E-state index contributed by atoms with van der Waals surface area (Å²) in [6.07, 6.45) is 1.98. The molecule has 1 aromatic heterocycles. The number of ketones is 1. The lowest BCUT2D eigenvalue weighted by molar-refractivity contribution is 0.0693. The van der Waals surface area contributed by atoms with Crippen molar-refractivity contribution in [3.8, 4) is 28.4 Å². The Morgan fingerprint density at radius 2 is 1.65 bits per heavy atom. The van der Waals surface area contributed by atoms with Crippen LogP contribution in [-0.2, 0) is 6.61 Å². The zero-order valence-electron chi connectivity index (χ0n) is 20.0. The molecular formula is C27H29NO6. The molecule has 0 aliphatic carbocycles. The molecule has 2 aromatic carbocycles. The minimum absolute atomic E-state index is 0.0659. The van der Waals surface area contributed by atoms with E-state index >= 15 is 0 Å². The average molecular weight is 464 g/mol. The number of phenols is 1. The molecule has 0 bridgehead atoms. The third-order valence-electron chi connectivity index (χ3n) is 5.34. The Bertz CT molecular complexity index is 1210. The van der Waals surface area contributed by atoms with Crippen LogP contribution in [0, 0.1) is 12.3 Å². The molecule has 3 rings (SSSR count). The molecule has 0 unspecified atom stereocenters. The van der Waals surface area contributed by atoms with E-state index < -0.39 is 5.97 Å². The number of aromatic nitrogens is 1. The maximum absolute atomic E-state index is 12.5. The molecule has 0 amide bonds. The molecule has 0 spiro atoms. The summed E-state index contributed by atoms with van der Waals surface area (Å²) < 4.78 is 10.9. The normalized spacial score (nSPS) is 11.2. The van der Waals surface area contributed by atoms with E-state index in [4.69, 9.17) is 9.47 Å². The number of carboxylic acids is 1. The third kappa shape index (κ3) is 5.73. The van der Waals surface area contributed by atoms with Gasteiger partial charge in [-0.15, -0.1) is 0 Å². The SMILES string of the molecule is COc1ccc(-c2ccc(COc3ccc(C(=O)CC(C)(C)C)c(O)c3C)nc2)cc1C(=O)O. The summed E-state index contributed by atoms with van der Waals surface area (Å²) in [5, 5.41) is 19.9. The molecule has 0 aliphatic heterocycles. The Balaban J connectivity index is 1.72. The van der Waals surface area contributed by atoms with Crippen LogP contribution in [0.4, 0.5) is 0 Å². The first kappa shape index (κ1) is 24.8. The number of carbonyl (C=O) groups is 2. The molecule has 0 radical (unpaired) electrons. The zero-order chi connectivity index (χ0) is 25.0. The average Bonchev–Trinajstić information content (AvgIpc) is 2.78. The highest BCUT2D eigenvalue weighted by atomic mass is 16.5. The third-order valence-corrected chi connectivity index (χ3v) is 5.34. The Morgan fingerprint density at radius 1 is 0.971 bits per heavy atom. The van der Waals surface area contributed by atoms with Gasteiger partial charge < -0.3 is 19.7 Å². The second-order valence-electron chi connectivity index (χ2n) is 9.29. The van der Waals surface area contributed by atoms with Crippen LogP contribution in [0.3, 0.4) is 0 Å². The first-order chi connectivity index (χ1) is 16.0. The van der Waals surface area contributed by atoms with Crippen LogP contribution in [0.1, 0.15) is 59.2 Å². The highest BCUT2D eigenvalue weighted by Gasteiger charge is 2.21. The first-order valence-corrected chi connectivity index (χ1v) is 10.9. The van der Waals surface area contributed by atoms with Crippen LogP contribution < -0.4 is 9.47 Å². The van der Waals surface area contributed by atoms with Crippen molar-refractivity contribution in [1.82, 2.24) is 4.98 Å². The van der Waals surface area contributed by atoms with Crippen molar-refractivity contribution in [1.29, 1.82) is 0 Å². The molecule has 0 atom stereocenters. The number of hydrogen-bond donors (Lipinski definition) is 2. The number of aromatic hydroxyl groups is 1. The van der Waals surface area contributed by atoms with Crippen LogP contribution in [0.15, 0.2) is 48.7 Å². The van der Waals surface area contributed by atoms with Gasteiger partial charge in [-0.05, 0) is 48.2 Å². The number of hydrogen-bond acceptors (Lipinski definition) is 6. The number of pyridine rings is 1. The Hall–Kier alpha value is -3.87. The topological polar surface area (TPSA) is 106 Å². The van der Waals surface area contributed by atoms with Gasteiger partial charge in [0.1, 0.15) is 29.4 Å². The number of aromatic carboxylic acids is 1. The molecular weight excluding hydrogens is 434 g/mol. The summed E-state index contributed by atoms with van der Waals surface area (Å²) in [7, 11) is 1.43. The van der Waals surface area contributed by atoms with Gasteiger partial charge in [-0.3, -0.25) is 9.78 Å². The molecule has 0 fully saturated rings. The predicted octanol–water partition coefficient (Wildman–Crippen LogP) is 5.67. The Kier molecular flexibility index (Phi) is 7.25. The van der Waals surface area contributed by atoms with Gasteiger partial charge in [0.2, 0.25) is 0 Å². The van der Waals surface area contributed by atoms with E-state index in [2.05, 4.69) is 4.98 Å². The van der Waals surface area contributed by atoms with Crippen molar-refractivity contribution in [2.75, 3.05) is 7.11 Å². The highest BCUT2D eigenvalue weighted by Crippen LogP contribution is 2.33. The standard InChI is InChI=1S/C27H29NO6/c1-16-23(11-9-20(25(16)30)22(29)13-27(2,3)4)34-15-19-8-6-18(14-28-19)17-7-10-24(33-5)21(12-17)26(31)32/h6-12,14,30H,13,15H2,1-5H3,(H,31,32). The number of methoxy groups -OCH3 is 1. The number of phenolic OH excluding ortho intramolecular Hbond substituents is 1. The van der Waals surface area contributed by atoms with Crippen LogP contribution in [-0.4, -0.2) is 34.1 Å². The maximum Gasteiger partial charge on any atom is 0.339 e. The summed E-state index contributed by atoms with van der Waals surface area (Å²) in [6, 6.07) is 11.8. The van der Waals surface area contributed by atoms with Gasteiger partial charge in [-0.1, -0.05) is 32.9 Å². The van der Waals surface area contributed by atoms with Crippen molar-refractivity contribution in [2.24, 2.45) is 5.41 Å². The van der Waals surface area contributed by atoms with Gasteiger partial charge in [-0.2, -0.15) is 0 Å². The molecule has 0 saturated carbocycles. The second kappa shape index (κ2) is 9.95. The highest BCUT2D eigenvalue weighted by molar-refractivity contribution is 5.99. The summed E-state index contributed by atoms with van der Waals surface area (Å²) >= 11 is 0. The van der Waals surface area contributed by atoms with Crippen LogP contribution in [0.25, 0.3) is 11.1 Å². The van der Waals surface area contributed by atoms with E-state index in [1.54, 1.807) is 49.5 Å². The number of nitrogens with zero attached hydrogens (tertiary/aromatic N) is 1. The summed E-state index contributed by atoms with van der Waals surface area (Å²) in [5.41, 5.74) is 2.80. The van der Waals surface area contributed by atoms with E-state index in [0.29, 0.717) is 40.3 Å². The summed E-state index contributed by atoms with van der Waals surface area (Å²) in [5.74, 6) is -0.484. The lowest BCUT2D eigenvalue weighted by Crippen LogP contribution is -2.13. The fraction of sp³-hybridized carbons (Fsp3) is 0.296. The fourth-order valence-corrected chi connectivity index (χ4v) is 3.53. The molecule has 1 heterocycles. The molecule has 34 heavy (non-hydrogen) atoms. The van der Waals surface area contributed by atoms with E-state index in [0.717, 1.165) is 5.56 Å². The maximum atomic E-state index is 12.5. The summed E-state index contributed by atoms with van der Waals surface area (Å²) in [6.45, 7) is 7.80. The van der Waals surface area contributed by atoms with E-state index in [-0.39, 0.29) is 29.1 Å². The predicted molar refractivity (Wildman–Crippen MR) is 129 cm³/mol. The van der Waals surface area contributed by atoms with Crippen LogP contribution in [0.2, 0.25) is 0 Å². The van der Waals surface area contributed by atoms with Gasteiger partial charge in [0, 0.05) is 23.7 Å². The van der Waals surface area contributed by atoms with Gasteiger partial charge >= 0.3 is 5.97 Å². The number of rotatable bonds is 8. The molecule has 178 valence electrons.